The average molecular weight is 230 g/mol. The first kappa shape index (κ1) is 12.3. The summed E-state index contributed by atoms with van der Waals surface area (Å²) in [6, 6.07) is 2.50. The van der Waals surface area contributed by atoms with Crippen LogP contribution in [0.5, 0.6) is 0 Å². The number of pyridine rings is 1. The molecule has 0 radical (unpaired) electrons. The van der Waals surface area contributed by atoms with Gasteiger partial charge in [-0.1, -0.05) is 11.6 Å². The Morgan fingerprint density at radius 2 is 2.29 bits per heavy atom. The van der Waals surface area contributed by atoms with E-state index in [9.17, 15) is 0 Å². The molecule has 2 nitrogen and oxygen atoms in total. The van der Waals surface area contributed by atoms with Gasteiger partial charge in [-0.25, -0.2) is 0 Å². The van der Waals surface area contributed by atoms with Crippen molar-refractivity contribution in [3.63, 3.8) is 0 Å². The van der Waals surface area contributed by atoms with Crippen molar-refractivity contribution in [1.82, 2.24) is 10.3 Å². The Labute approximate surface area is 104 Å². The van der Waals surface area contributed by atoms with Gasteiger partial charge in [-0.3, -0.25) is 4.98 Å². The van der Waals surface area contributed by atoms with Gasteiger partial charge in [-0.15, -0.1) is 0 Å². The van der Waals surface area contributed by atoms with E-state index in [-0.39, 0.29) is 0 Å². The van der Waals surface area contributed by atoms with Gasteiger partial charge in [0.15, 0.2) is 0 Å². The first-order chi connectivity index (χ1) is 8.31. The van der Waals surface area contributed by atoms with Crippen LogP contribution >= 0.6 is 0 Å². The summed E-state index contributed by atoms with van der Waals surface area (Å²) in [6.45, 7) is 2.16. The van der Waals surface area contributed by atoms with Crippen LogP contribution < -0.4 is 5.32 Å². The minimum Gasteiger partial charge on any atom is -0.313 e. The molecule has 2 heteroatoms. The number of aryl methyl sites for hydroxylation is 1. The van der Waals surface area contributed by atoms with Crippen LogP contribution in [0.4, 0.5) is 0 Å². The summed E-state index contributed by atoms with van der Waals surface area (Å²) in [5.41, 5.74) is 4.27. The molecule has 0 aliphatic heterocycles. The van der Waals surface area contributed by atoms with Gasteiger partial charge in [0.05, 0.1) is 0 Å². The molecule has 17 heavy (non-hydrogen) atoms. The molecule has 1 heterocycles. The minimum atomic E-state index is 0.410. The van der Waals surface area contributed by atoms with E-state index in [1.165, 1.54) is 36.8 Å². The zero-order valence-corrected chi connectivity index (χ0v) is 10.9. The molecule has 2 rings (SSSR count). The highest BCUT2D eigenvalue weighted by atomic mass is 14.9. The van der Waals surface area contributed by atoms with E-state index in [0.717, 1.165) is 6.42 Å². The second-order valence-electron chi connectivity index (χ2n) is 4.89. The number of hydrogen-bond acceptors (Lipinski definition) is 2. The molecule has 0 bridgehead atoms. The molecule has 1 aliphatic rings. The molecule has 1 aliphatic carbocycles. The SMILES string of the molecule is CNC(CC1=CCCCC1)c1cnccc1C. The van der Waals surface area contributed by atoms with Crippen molar-refractivity contribution in [3.8, 4) is 0 Å². The third kappa shape index (κ3) is 3.16. The highest BCUT2D eigenvalue weighted by molar-refractivity contribution is 5.26. The molecule has 1 unspecified atom stereocenters. The molecule has 0 aromatic carbocycles. The van der Waals surface area contributed by atoms with Crippen LogP contribution in [0.25, 0.3) is 0 Å². The summed E-state index contributed by atoms with van der Waals surface area (Å²) in [5.74, 6) is 0. The van der Waals surface area contributed by atoms with Gasteiger partial charge < -0.3 is 5.32 Å². The summed E-state index contributed by atoms with van der Waals surface area (Å²) in [6.07, 6.45) is 12.7. The second-order valence-corrected chi connectivity index (χ2v) is 4.89. The van der Waals surface area contributed by atoms with E-state index in [0.29, 0.717) is 6.04 Å². The number of aromatic nitrogens is 1. The lowest BCUT2D eigenvalue weighted by Gasteiger charge is -2.21. The Balaban J connectivity index is 2.11. The van der Waals surface area contributed by atoms with Gasteiger partial charge in [-0.2, -0.15) is 0 Å². The molecule has 1 aromatic heterocycles. The van der Waals surface area contributed by atoms with Crippen molar-refractivity contribution in [3.05, 3.63) is 41.2 Å². The molecule has 1 aromatic rings. The van der Waals surface area contributed by atoms with E-state index < -0.39 is 0 Å². The smallest absolute Gasteiger partial charge is 0.0373 e. The predicted molar refractivity (Wildman–Crippen MR) is 71.9 cm³/mol. The quantitative estimate of drug-likeness (QED) is 0.800. The maximum atomic E-state index is 4.25. The topological polar surface area (TPSA) is 24.9 Å². The van der Waals surface area contributed by atoms with E-state index >= 15 is 0 Å². The third-order valence-corrected chi connectivity index (χ3v) is 3.65. The predicted octanol–water partition coefficient (Wildman–Crippen LogP) is 3.54. The Morgan fingerprint density at radius 3 is 2.94 bits per heavy atom. The molecule has 0 saturated carbocycles. The Morgan fingerprint density at radius 1 is 1.41 bits per heavy atom. The van der Waals surface area contributed by atoms with Crippen LogP contribution in [0.3, 0.4) is 0 Å². The molecule has 0 amide bonds. The zero-order chi connectivity index (χ0) is 12.1. The first-order valence-electron chi connectivity index (χ1n) is 6.57. The van der Waals surface area contributed by atoms with Crippen LogP contribution in [0.2, 0.25) is 0 Å². The molecular formula is C15H22N2. The van der Waals surface area contributed by atoms with Gasteiger partial charge in [0.2, 0.25) is 0 Å². The van der Waals surface area contributed by atoms with Crippen LogP contribution in [-0.4, -0.2) is 12.0 Å². The Kier molecular flexibility index (Phi) is 4.32. The number of allylic oxidation sites excluding steroid dienone is 1. The number of hydrogen-bond donors (Lipinski definition) is 1. The normalized spacial score (nSPS) is 17.6. The molecular weight excluding hydrogens is 208 g/mol. The second kappa shape index (κ2) is 5.97. The van der Waals surface area contributed by atoms with Crippen LogP contribution in [0.1, 0.15) is 49.3 Å². The van der Waals surface area contributed by atoms with E-state index in [2.05, 4.69) is 29.4 Å². The van der Waals surface area contributed by atoms with E-state index in [1.807, 2.05) is 19.4 Å². The van der Waals surface area contributed by atoms with Crippen molar-refractivity contribution in [2.45, 2.75) is 45.1 Å². The largest absolute Gasteiger partial charge is 0.313 e. The van der Waals surface area contributed by atoms with Crippen molar-refractivity contribution < 1.29 is 0 Å². The van der Waals surface area contributed by atoms with E-state index in [4.69, 9.17) is 0 Å². The lowest BCUT2D eigenvalue weighted by atomic mass is 9.91. The molecule has 0 spiro atoms. The van der Waals surface area contributed by atoms with Crippen LogP contribution in [-0.2, 0) is 0 Å². The van der Waals surface area contributed by atoms with Gasteiger partial charge in [0, 0.05) is 18.4 Å². The number of rotatable bonds is 4. The van der Waals surface area contributed by atoms with Gasteiger partial charge in [0.25, 0.3) is 0 Å². The fraction of sp³-hybridized carbons (Fsp3) is 0.533. The molecule has 1 atom stereocenters. The molecule has 1 N–H and O–H groups in total. The molecule has 0 fully saturated rings. The van der Waals surface area contributed by atoms with Crippen LogP contribution in [0.15, 0.2) is 30.1 Å². The average Bonchev–Trinajstić information content (AvgIpc) is 2.38. The molecule has 92 valence electrons. The standard InChI is InChI=1S/C15H22N2/c1-12-8-9-17-11-14(12)15(16-2)10-13-6-4-3-5-7-13/h6,8-9,11,15-16H,3-5,7,10H2,1-2H3. The van der Waals surface area contributed by atoms with Gasteiger partial charge >= 0.3 is 0 Å². The zero-order valence-electron chi connectivity index (χ0n) is 10.9. The Bertz CT molecular complexity index is 396. The number of nitrogens with zero attached hydrogens (tertiary/aromatic N) is 1. The fourth-order valence-electron chi connectivity index (χ4n) is 2.56. The van der Waals surface area contributed by atoms with Gasteiger partial charge in [0.1, 0.15) is 0 Å². The summed E-state index contributed by atoms with van der Waals surface area (Å²) in [5, 5.41) is 3.43. The summed E-state index contributed by atoms with van der Waals surface area (Å²) >= 11 is 0. The molecule has 0 saturated heterocycles. The summed E-state index contributed by atoms with van der Waals surface area (Å²) in [7, 11) is 2.04. The van der Waals surface area contributed by atoms with Crippen molar-refractivity contribution in [2.24, 2.45) is 0 Å². The maximum absolute atomic E-state index is 4.25. The third-order valence-electron chi connectivity index (χ3n) is 3.65. The highest BCUT2D eigenvalue weighted by Gasteiger charge is 2.15. The summed E-state index contributed by atoms with van der Waals surface area (Å²) in [4.78, 5) is 4.25. The van der Waals surface area contributed by atoms with Crippen molar-refractivity contribution in [2.75, 3.05) is 7.05 Å². The first-order valence-corrected chi connectivity index (χ1v) is 6.57. The Hall–Kier alpha value is -1.15. The maximum Gasteiger partial charge on any atom is 0.0373 e. The van der Waals surface area contributed by atoms with Crippen molar-refractivity contribution >= 4 is 0 Å². The fourth-order valence-corrected chi connectivity index (χ4v) is 2.56. The summed E-state index contributed by atoms with van der Waals surface area (Å²) < 4.78 is 0. The van der Waals surface area contributed by atoms with Crippen LogP contribution in [0, 0.1) is 6.92 Å². The van der Waals surface area contributed by atoms with E-state index in [1.54, 1.807) is 5.57 Å². The van der Waals surface area contributed by atoms with Crippen molar-refractivity contribution in [1.29, 1.82) is 0 Å². The minimum absolute atomic E-state index is 0.410. The highest BCUT2D eigenvalue weighted by Crippen LogP contribution is 2.28. The van der Waals surface area contributed by atoms with Gasteiger partial charge in [-0.05, 0) is 63.3 Å². The lowest BCUT2D eigenvalue weighted by molar-refractivity contribution is 0.555. The lowest BCUT2D eigenvalue weighted by Crippen LogP contribution is -2.18. The monoisotopic (exact) mass is 230 g/mol. The number of nitrogens with one attached hydrogen (secondary N) is 1.